The van der Waals surface area contributed by atoms with Crippen molar-refractivity contribution >= 4 is 29.0 Å². The topological polar surface area (TPSA) is 88.5 Å². The van der Waals surface area contributed by atoms with Crippen molar-refractivity contribution in [3.8, 4) is 6.07 Å². The van der Waals surface area contributed by atoms with Gasteiger partial charge in [-0.2, -0.15) is 5.26 Å². The van der Waals surface area contributed by atoms with Crippen LogP contribution in [0.25, 0.3) is 0 Å². The highest BCUT2D eigenvalue weighted by atomic mass is 16.2. The molecule has 2 N–H and O–H groups in total. The number of nitriles is 1. The van der Waals surface area contributed by atoms with Crippen molar-refractivity contribution in [2.45, 2.75) is 6.92 Å². The monoisotopic (exact) mass is 363 g/mol. The molecule has 0 bridgehead atoms. The third-order valence-electron chi connectivity index (χ3n) is 4.36. The molecule has 0 saturated carbocycles. The molecule has 1 aliphatic rings. The quantitative estimate of drug-likeness (QED) is 0.878. The molecule has 3 rings (SSSR count). The molecule has 0 aliphatic carbocycles. The highest BCUT2D eigenvalue weighted by Crippen LogP contribution is 2.20. The summed E-state index contributed by atoms with van der Waals surface area (Å²) in [5, 5.41) is 14.5. The van der Waals surface area contributed by atoms with Gasteiger partial charge in [-0.3, -0.25) is 4.79 Å². The number of nitrogens with one attached hydrogen (secondary N) is 2. The maximum atomic E-state index is 12.4. The van der Waals surface area contributed by atoms with E-state index in [1.54, 1.807) is 29.2 Å². The van der Waals surface area contributed by atoms with Gasteiger partial charge in [0.25, 0.3) is 0 Å². The van der Waals surface area contributed by atoms with Gasteiger partial charge in [0.2, 0.25) is 5.91 Å². The standard InChI is InChI=1S/C20H21N5O2/c1-15(26)22-17-5-7-19(8-6-17)24-9-11-25(12-10-24)20(27)23-18-4-2-3-16(13-18)14-21/h2-8,13H,9-12H2,1H3,(H,22,26)(H,23,27). The number of benzene rings is 2. The average Bonchev–Trinajstić information content (AvgIpc) is 2.68. The number of hydrogen-bond donors (Lipinski definition) is 2. The minimum absolute atomic E-state index is 0.0947. The molecule has 2 aromatic carbocycles. The number of piperazine rings is 1. The van der Waals surface area contributed by atoms with E-state index in [1.807, 2.05) is 24.3 Å². The zero-order valence-corrected chi connectivity index (χ0v) is 15.1. The number of carbonyl (C=O) groups is 2. The van der Waals surface area contributed by atoms with Crippen LogP contribution in [0.5, 0.6) is 0 Å². The lowest BCUT2D eigenvalue weighted by molar-refractivity contribution is -0.114. The molecule has 3 amide bonds. The Morgan fingerprint density at radius 2 is 1.67 bits per heavy atom. The molecule has 1 fully saturated rings. The summed E-state index contributed by atoms with van der Waals surface area (Å²) in [6.45, 7) is 4.15. The first-order valence-corrected chi connectivity index (χ1v) is 8.74. The van der Waals surface area contributed by atoms with E-state index >= 15 is 0 Å². The maximum absolute atomic E-state index is 12.4. The SMILES string of the molecule is CC(=O)Nc1ccc(N2CCN(C(=O)Nc3cccc(C#N)c3)CC2)cc1. The van der Waals surface area contributed by atoms with Crippen LogP contribution >= 0.6 is 0 Å². The van der Waals surface area contributed by atoms with E-state index in [9.17, 15) is 9.59 Å². The van der Waals surface area contributed by atoms with Gasteiger partial charge in [-0.15, -0.1) is 0 Å². The smallest absolute Gasteiger partial charge is 0.321 e. The fourth-order valence-electron chi connectivity index (χ4n) is 3.00. The van der Waals surface area contributed by atoms with E-state index < -0.39 is 0 Å². The highest BCUT2D eigenvalue weighted by Gasteiger charge is 2.21. The zero-order chi connectivity index (χ0) is 19.2. The van der Waals surface area contributed by atoms with Crippen molar-refractivity contribution < 1.29 is 9.59 Å². The molecular weight excluding hydrogens is 342 g/mol. The van der Waals surface area contributed by atoms with Crippen LogP contribution in [-0.4, -0.2) is 43.0 Å². The normalized spacial score (nSPS) is 13.6. The minimum Gasteiger partial charge on any atom is -0.368 e. The van der Waals surface area contributed by atoms with Gasteiger partial charge in [0.05, 0.1) is 11.6 Å². The van der Waals surface area contributed by atoms with Crippen molar-refractivity contribution in [2.75, 3.05) is 41.7 Å². The second kappa shape index (κ2) is 8.23. The third kappa shape index (κ3) is 4.76. The van der Waals surface area contributed by atoms with Gasteiger partial charge in [-0.25, -0.2) is 4.79 Å². The second-order valence-electron chi connectivity index (χ2n) is 6.32. The zero-order valence-electron chi connectivity index (χ0n) is 15.1. The largest absolute Gasteiger partial charge is 0.368 e. The first-order chi connectivity index (χ1) is 13.0. The van der Waals surface area contributed by atoms with Gasteiger partial charge in [0.1, 0.15) is 0 Å². The van der Waals surface area contributed by atoms with Crippen LogP contribution in [0, 0.1) is 11.3 Å². The van der Waals surface area contributed by atoms with Crippen LogP contribution in [-0.2, 0) is 4.79 Å². The Morgan fingerprint density at radius 1 is 0.963 bits per heavy atom. The van der Waals surface area contributed by atoms with Crippen molar-refractivity contribution in [1.29, 1.82) is 5.26 Å². The van der Waals surface area contributed by atoms with Crippen molar-refractivity contribution in [2.24, 2.45) is 0 Å². The molecule has 0 unspecified atom stereocenters. The Hall–Kier alpha value is -3.53. The predicted molar refractivity (Wildman–Crippen MR) is 105 cm³/mol. The molecule has 1 saturated heterocycles. The van der Waals surface area contributed by atoms with E-state index in [0.717, 1.165) is 24.5 Å². The van der Waals surface area contributed by atoms with Crippen LogP contribution in [0.4, 0.5) is 21.9 Å². The molecule has 0 aromatic heterocycles. The minimum atomic E-state index is -0.161. The molecule has 0 radical (unpaired) electrons. The third-order valence-corrected chi connectivity index (χ3v) is 4.36. The van der Waals surface area contributed by atoms with Crippen molar-refractivity contribution in [1.82, 2.24) is 4.90 Å². The molecule has 1 heterocycles. The average molecular weight is 363 g/mol. The maximum Gasteiger partial charge on any atom is 0.321 e. The summed E-state index contributed by atoms with van der Waals surface area (Å²) < 4.78 is 0. The van der Waals surface area contributed by atoms with Gasteiger partial charge in [-0.1, -0.05) is 6.07 Å². The first kappa shape index (κ1) is 18.3. The van der Waals surface area contributed by atoms with E-state index in [4.69, 9.17) is 5.26 Å². The number of amides is 3. The number of rotatable bonds is 3. The fraction of sp³-hybridized carbons (Fsp3) is 0.250. The first-order valence-electron chi connectivity index (χ1n) is 8.74. The van der Waals surface area contributed by atoms with Gasteiger partial charge in [0.15, 0.2) is 0 Å². The number of hydrogen-bond acceptors (Lipinski definition) is 4. The van der Waals surface area contributed by atoms with Crippen molar-refractivity contribution in [3.05, 3.63) is 54.1 Å². The summed E-state index contributed by atoms with van der Waals surface area (Å²) in [6.07, 6.45) is 0. The second-order valence-corrected chi connectivity index (χ2v) is 6.32. The van der Waals surface area contributed by atoms with Gasteiger partial charge < -0.3 is 20.4 Å². The van der Waals surface area contributed by atoms with Gasteiger partial charge in [0, 0.05) is 50.2 Å². The summed E-state index contributed by atoms with van der Waals surface area (Å²) in [4.78, 5) is 27.5. The summed E-state index contributed by atoms with van der Waals surface area (Å²) in [6, 6.07) is 16.5. The molecule has 138 valence electrons. The summed E-state index contributed by atoms with van der Waals surface area (Å²) in [7, 11) is 0. The molecule has 2 aromatic rings. The Balaban J connectivity index is 1.54. The number of anilines is 3. The predicted octanol–water partition coefficient (Wildman–Crippen LogP) is 2.87. The van der Waals surface area contributed by atoms with Crippen molar-refractivity contribution in [3.63, 3.8) is 0 Å². The van der Waals surface area contributed by atoms with Crippen LogP contribution in [0.3, 0.4) is 0 Å². The Morgan fingerprint density at radius 3 is 2.30 bits per heavy atom. The molecule has 7 nitrogen and oxygen atoms in total. The van der Waals surface area contributed by atoms with E-state index in [0.29, 0.717) is 24.3 Å². The Kier molecular flexibility index (Phi) is 5.57. The summed E-state index contributed by atoms with van der Waals surface area (Å²) >= 11 is 0. The molecule has 0 spiro atoms. The number of carbonyl (C=O) groups excluding carboxylic acids is 2. The lowest BCUT2D eigenvalue weighted by Gasteiger charge is -2.36. The number of urea groups is 1. The molecular formula is C20H21N5O2. The molecule has 0 atom stereocenters. The highest BCUT2D eigenvalue weighted by molar-refractivity contribution is 5.90. The van der Waals surface area contributed by atoms with Gasteiger partial charge in [-0.05, 0) is 42.5 Å². The Bertz CT molecular complexity index is 865. The van der Waals surface area contributed by atoms with Crippen LogP contribution < -0.4 is 15.5 Å². The molecule has 7 heteroatoms. The van der Waals surface area contributed by atoms with E-state index in [2.05, 4.69) is 21.6 Å². The lowest BCUT2D eigenvalue weighted by atomic mass is 10.2. The van der Waals surface area contributed by atoms with E-state index in [-0.39, 0.29) is 11.9 Å². The van der Waals surface area contributed by atoms with Crippen LogP contribution in [0.1, 0.15) is 12.5 Å². The molecule has 27 heavy (non-hydrogen) atoms. The van der Waals surface area contributed by atoms with Gasteiger partial charge >= 0.3 is 6.03 Å². The van der Waals surface area contributed by atoms with E-state index in [1.165, 1.54) is 6.92 Å². The lowest BCUT2D eigenvalue weighted by Crippen LogP contribution is -2.50. The Labute approximate surface area is 158 Å². The van der Waals surface area contributed by atoms with Crippen LogP contribution in [0.2, 0.25) is 0 Å². The summed E-state index contributed by atoms with van der Waals surface area (Å²) in [5.74, 6) is -0.0947. The number of nitrogens with zero attached hydrogens (tertiary/aromatic N) is 3. The fourth-order valence-corrected chi connectivity index (χ4v) is 3.00. The summed E-state index contributed by atoms with van der Waals surface area (Å²) in [5.41, 5.74) is 2.96. The van der Waals surface area contributed by atoms with Crippen LogP contribution in [0.15, 0.2) is 48.5 Å². The molecule has 1 aliphatic heterocycles.